The highest BCUT2D eigenvalue weighted by Crippen LogP contribution is 2.45. The number of carbonyl (C=O) groups is 2. The van der Waals surface area contributed by atoms with Crippen LogP contribution in [0.4, 0.5) is 0 Å². The molecule has 4 unspecified atom stereocenters. The Kier molecular flexibility index (Phi) is 7.16. The van der Waals surface area contributed by atoms with E-state index < -0.39 is 12.0 Å². The summed E-state index contributed by atoms with van der Waals surface area (Å²) in [6, 6.07) is 24.5. The summed E-state index contributed by atoms with van der Waals surface area (Å²) in [6.45, 7) is 2.29. The zero-order valence-corrected chi connectivity index (χ0v) is 20.6. The number of carbonyl (C=O) groups excluding carboxylic acids is 2. The molecule has 0 saturated heterocycles. The molecule has 0 aromatic heterocycles. The van der Waals surface area contributed by atoms with Gasteiger partial charge in [-0.1, -0.05) is 91.2 Å². The van der Waals surface area contributed by atoms with Gasteiger partial charge in [0.1, 0.15) is 0 Å². The van der Waals surface area contributed by atoms with Crippen molar-refractivity contribution in [2.24, 2.45) is 5.73 Å². The fourth-order valence-electron chi connectivity index (χ4n) is 5.63. The minimum Gasteiger partial charge on any atom is -0.326 e. The maximum absolute atomic E-state index is 14.0. The van der Waals surface area contributed by atoms with Crippen molar-refractivity contribution >= 4 is 11.8 Å². The molecule has 1 fully saturated rings. The van der Waals surface area contributed by atoms with E-state index in [1.807, 2.05) is 90.7 Å². The van der Waals surface area contributed by atoms with Crippen LogP contribution in [0, 0.1) is 6.92 Å². The number of nitrogens with one attached hydrogen (secondary N) is 1. The maximum atomic E-state index is 14.0. The van der Waals surface area contributed by atoms with Gasteiger partial charge < -0.3 is 10.6 Å². The predicted octanol–water partition coefficient (Wildman–Crippen LogP) is 4.79. The summed E-state index contributed by atoms with van der Waals surface area (Å²) in [5.41, 5.74) is 13.6. The van der Waals surface area contributed by atoms with E-state index >= 15 is 0 Å². The SMILES string of the molecule is Cc1ccc(C2C(C(=O)NOCc3ccccc3)c3ccccc3C(=O)N2C2CCCCC2N)cc1. The van der Waals surface area contributed by atoms with Crippen molar-refractivity contribution in [1.29, 1.82) is 0 Å². The normalized spacial score (nSPS) is 23.7. The molecule has 0 bridgehead atoms. The standard InChI is InChI=1S/C30H33N3O3/c1-20-15-17-22(18-16-20)28-27(29(34)32-36-19-21-9-3-2-4-10-21)23-11-5-6-12-24(23)30(35)33(28)26-14-8-7-13-25(26)31/h2-6,9-12,15-18,25-28H,7-8,13-14,19,31H2,1H3,(H,32,34). The van der Waals surface area contributed by atoms with Crippen molar-refractivity contribution in [2.75, 3.05) is 0 Å². The number of hydroxylamine groups is 1. The molecule has 2 amide bonds. The highest BCUT2D eigenvalue weighted by atomic mass is 16.6. The second kappa shape index (κ2) is 10.6. The molecule has 4 atom stereocenters. The summed E-state index contributed by atoms with van der Waals surface area (Å²) < 4.78 is 0. The largest absolute Gasteiger partial charge is 0.326 e. The van der Waals surface area contributed by atoms with Gasteiger partial charge in [-0.25, -0.2) is 5.48 Å². The van der Waals surface area contributed by atoms with Gasteiger partial charge in [0, 0.05) is 17.6 Å². The third-order valence-corrected chi connectivity index (χ3v) is 7.47. The van der Waals surface area contributed by atoms with Gasteiger partial charge in [-0.15, -0.1) is 0 Å². The van der Waals surface area contributed by atoms with E-state index in [9.17, 15) is 9.59 Å². The van der Waals surface area contributed by atoms with Gasteiger partial charge in [-0.2, -0.15) is 0 Å². The van der Waals surface area contributed by atoms with Crippen molar-refractivity contribution in [3.05, 3.63) is 107 Å². The van der Waals surface area contributed by atoms with E-state index in [2.05, 4.69) is 5.48 Å². The van der Waals surface area contributed by atoms with Gasteiger partial charge >= 0.3 is 0 Å². The highest BCUT2D eigenvalue weighted by molar-refractivity contribution is 6.01. The molecule has 6 heteroatoms. The topological polar surface area (TPSA) is 84.7 Å². The number of hydrogen-bond donors (Lipinski definition) is 2. The van der Waals surface area contributed by atoms with Crippen LogP contribution < -0.4 is 11.2 Å². The average Bonchev–Trinajstić information content (AvgIpc) is 2.90. The molecule has 3 aromatic carbocycles. The molecule has 1 heterocycles. The molecule has 0 radical (unpaired) electrons. The predicted molar refractivity (Wildman–Crippen MR) is 139 cm³/mol. The van der Waals surface area contributed by atoms with Crippen molar-refractivity contribution in [1.82, 2.24) is 10.4 Å². The van der Waals surface area contributed by atoms with Crippen LogP contribution in [0.25, 0.3) is 0 Å². The van der Waals surface area contributed by atoms with Crippen molar-refractivity contribution in [2.45, 2.75) is 63.3 Å². The molecule has 6 nitrogen and oxygen atoms in total. The van der Waals surface area contributed by atoms with Crippen LogP contribution in [-0.2, 0) is 16.2 Å². The lowest BCUT2D eigenvalue weighted by molar-refractivity contribution is -0.138. The van der Waals surface area contributed by atoms with Crippen molar-refractivity contribution in [3.63, 3.8) is 0 Å². The Bertz CT molecular complexity index is 1210. The van der Waals surface area contributed by atoms with Crippen LogP contribution in [0.2, 0.25) is 0 Å². The Morgan fingerprint density at radius 3 is 2.42 bits per heavy atom. The second-order valence-electron chi connectivity index (χ2n) is 9.89. The Hall–Kier alpha value is -3.48. The van der Waals surface area contributed by atoms with E-state index in [0.29, 0.717) is 5.56 Å². The molecule has 3 aromatic rings. The van der Waals surface area contributed by atoms with Crippen LogP contribution in [0.5, 0.6) is 0 Å². The minimum atomic E-state index is -0.633. The lowest BCUT2D eigenvalue weighted by atomic mass is 9.76. The molecule has 36 heavy (non-hydrogen) atoms. The number of benzene rings is 3. The Morgan fingerprint density at radius 1 is 0.972 bits per heavy atom. The Balaban J connectivity index is 1.54. The van der Waals surface area contributed by atoms with E-state index in [4.69, 9.17) is 10.6 Å². The van der Waals surface area contributed by atoms with Gasteiger partial charge in [0.25, 0.3) is 11.8 Å². The summed E-state index contributed by atoms with van der Waals surface area (Å²) in [5, 5.41) is 0. The lowest BCUT2D eigenvalue weighted by Gasteiger charge is -2.48. The van der Waals surface area contributed by atoms with E-state index in [0.717, 1.165) is 47.9 Å². The Labute approximate surface area is 212 Å². The molecule has 1 saturated carbocycles. The number of hydrogen-bond acceptors (Lipinski definition) is 4. The van der Waals surface area contributed by atoms with Crippen LogP contribution in [0.15, 0.2) is 78.9 Å². The third-order valence-electron chi connectivity index (χ3n) is 7.47. The Morgan fingerprint density at radius 2 is 1.67 bits per heavy atom. The van der Waals surface area contributed by atoms with Crippen molar-refractivity contribution in [3.8, 4) is 0 Å². The number of fused-ring (bicyclic) bond motifs is 1. The van der Waals surface area contributed by atoms with Gasteiger partial charge in [0.05, 0.1) is 18.6 Å². The molecule has 1 aliphatic heterocycles. The third kappa shape index (κ3) is 4.79. The second-order valence-corrected chi connectivity index (χ2v) is 9.89. The summed E-state index contributed by atoms with van der Waals surface area (Å²) in [7, 11) is 0. The summed E-state index contributed by atoms with van der Waals surface area (Å²) in [5.74, 6) is -0.967. The van der Waals surface area contributed by atoms with Gasteiger partial charge in [-0.3, -0.25) is 14.4 Å². The monoisotopic (exact) mass is 483 g/mol. The lowest BCUT2D eigenvalue weighted by Crippen LogP contribution is -2.57. The zero-order chi connectivity index (χ0) is 25.1. The smallest absolute Gasteiger partial charge is 0.255 e. The van der Waals surface area contributed by atoms with Crippen LogP contribution in [0.1, 0.15) is 70.3 Å². The number of nitrogens with zero attached hydrogens (tertiary/aromatic N) is 1. The van der Waals surface area contributed by atoms with Gasteiger partial charge in [-0.05, 0) is 42.5 Å². The molecule has 3 N–H and O–H groups in total. The van der Waals surface area contributed by atoms with E-state index in [-0.39, 0.29) is 30.5 Å². The van der Waals surface area contributed by atoms with Gasteiger partial charge in [0.2, 0.25) is 0 Å². The summed E-state index contributed by atoms with van der Waals surface area (Å²) in [6.07, 6.45) is 3.77. The van der Waals surface area contributed by atoms with Crippen LogP contribution >= 0.6 is 0 Å². The number of rotatable bonds is 6. The first-order valence-corrected chi connectivity index (χ1v) is 12.7. The molecule has 5 rings (SSSR count). The first-order valence-electron chi connectivity index (χ1n) is 12.7. The summed E-state index contributed by atoms with van der Waals surface area (Å²) in [4.78, 5) is 35.4. The number of amides is 2. The van der Waals surface area contributed by atoms with Crippen LogP contribution in [-0.4, -0.2) is 28.8 Å². The molecule has 1 aliphatic carbocycles. The first kappa shape index (κ1) is 24.2. The van der Waals surface area contributed by atoms with Crippen molar-refractivity contribution < 1.29 is 14.4 Å². The molecule has 2 aliphatic rings. The zero-order valence-electron chi connectivity index (χ0n) is 20.6. The molecular weight excluding hydrogens is 450 g/mol. The number of nitrogens with two attached hydrogens (primary N) is 1. The van der Waals surface area contributed by atoms with Crippen LogP contribution in [0.3, 0.4) is 0 Å². The fourth-order valence-corrected chi connectivity index (χ4v) is 5.63. The summed E-state index contributed by atoms with van der Waals surface area (Å²) >= 11 is 0. The molecule has 0 spiro atoms. The quantitative estimate of drug-likeness (QED) is 0.494. The maximum Gasteiger partial charge on any atom is 0.255 e. The molecule has 186 valence electrons. The van der Waals surface area contributed by atoms with E-state index in [1.54, 1.807) is 0 Å². The fraction of sp³-hybridized carbons (Fsp3) is 0.333. The molecular formula is C30H33N3O3. The van der Waals surface area contributed by atoms with Gasteiger partial charge in [0.15, 0.2) is 0 Å². The average molecular weight is 484 g/mol. The first-order chi connectivity index (χ1) is 17.5. The number of aryl methyl sites for hydroxylation is 1. The van der Waals surface area contributed by atoms with E-state index in [1.165, 1.54) is 0 Å². The highest BCUT2D eigenvalue weighted by Gasteiger charge is 2.48. The minimum absolute atomic E-state index is 0.0622.